The third-order valence-electron chi connectivity index (χ3n) is 1.54. The fourth-order valence-electron chi connectivity index (χ4n) is 1.01. The van der Waals surface area contributed by atoms with Crippen molar-refractivity contribution in [3.05, 3.63) is 42.0 Å². The van der Waals surface area contributed by atoms with Gasteiger partial charge in [-0.1, -0.05) is 58.0 Å². The standard InChI is InChI=1S/C9H8S2/c1-2-4-8(5-3-1)9-6-7-10-11-9/h1-6H,7H2. The van der Waals surface area contributed by atoms with Crippen molar-refractivity contribution in [1.29, 1.82) is 0 Å². The van der Waals surface area contributed by atoms with Gasteiger partial charge in [0.2, 0.25) is 0 Å². The van der Waals surface area contributed by atoms with Crippen LogP contribution in [0.3, 0.4) is 0 Å². The second-order valence-electron chi connectivity index (χ2n) is 2.30. The van der Waals surface area contributed by atoms with Crippen LogP contribution in [-0.2, 0) is 0 Å². The van der Waals surface area contributed by atoms with Crippen LogP contribution in [0.5, 0.6) is 0 Å². The SMILES string of the molecule is C1=C(c2ccccc2)SSC1. The van der Waals surface area contributed by atoms with Gasteiger partial charge in [-0.2, -0.15) is 0 Å². The molecule has 0 bridgehead atoms. The molecule has 0 spiro atoms. The fraction of sp³-hybridized carbons (Fsp3) is 0.111. The van der Waals surface area contributed by atoms with E-state index >= 15 is 0 Å². The smallest absolute Gasteiger partial charge is 0.0235 e. The summed E-state index contributed by atoms with van der Waals surface area (Å²) >= 11 is 0. The molecule has 2 heteroatoms. The lowest BCUT2D eigenvalue weighted by molar-refractivity contribution is 1.64. The minimum atomic E-state index is 1.15. The van der Waals surface area contributed by atoms with E-state index in [0.29, 0.717) is 0 Å². The van der Waals surface area contributed by atoms with Gasteiger partial charge in [-0.3, -0.25) is 0 Å². The molecule has 0 amide bonds. The number of hydrogen-bond acceptors (Lipinski definition) is 2. The van der Waals surface area contributed by atoms with Gasteiger partial charge >= 0.3 is 0 Å². The molecule has 0 atom stereocenters. The Morgan fingerprint density at radius 2 is 1.91 bits per heavy atom. The summed E-state index contributed by atoms with van der Waals surface area (Å²) in [5.74, 6) is 1.15. The lowest BCUT2D eigenvalue weighted by Gasteiger charge is -1.97. The molecule has 56 valence electrons. The molecule has 0 aliphatic carbocycles. The van der Waals surface area contributed by atoms with Gasteiger partial charge in [-0.25, -0.2) is 0 Å². The maximum absolute atomic E-state index is 2.28. The van der Waals surface area contributed by atoms with E-state index in [2.05, 4.69) is 36.4 Å². The Morgan fingerprint density at radius 3 is 2.55 bits per heavy atom. The molecule has 1 aliphatic heterocycles. The normalized spacial score (nSPS) is 16.5. The molecule has 11 heavy (non-hydrogen) atoms. The van der Waals surface area contributed by atoms with Crippen molar-refractivity contribution in [3.8, 4) is 0 Å². The van der Waals surface area contributed by atoms with Crippen LogP contribution >= 0.6 is 21.6 Å². The zero-order valence-electron chi connectivity index (χ0n) is 5.99. The predicted octanol–water partition coefficient (Wildman–Crippen LogP) is 3.42. The molecule has 0 unspecified atom stereocenters. The average molecular weight is 180 g/mol. The molecular formula is C9H8S2. The molecule has 0 N–H and O–H groups in total. The van der Waals surface area contributed by atoms with Gasteiger partial charge in [-0.15, -0.1) is 0 Å². The van der Waals surface area contributed by atoms with Gasteiger partial charge < -0.3 is 0 Å². The molecule has 0 radical (unpaired) electrons. The summed E-state index contributed by atoms with van der Waals surface area (Å²) in [6, 6.07) is 10.5. The van der Waals surface area contributed by atoms with Gasteiger partial charge in [-0.05, 0) is 5.56 Å². The van der Waals surface area contributed by atoms with Crippen molar-refractivity contribution in [2.75, 3.05) is 5.75 Å². The van der Waals surface area contributed by atoms with E-state index < -0.39 is 0 Å². The van der Waals surface area contributed by atoms with Crippen LogP contribution in [0.2, 0.25) is 0 Å². The average Bonchev–Trinajstić information content (AvgIpc) is 2.58. The molecule has 1 aromatic carbocycles. The topological polar surface area (TPSA) is 0 Å². The molecule has 1 aromatic rings. The van der Waals surface area contributed by atoms with Crippen LogP contribution in [0.25, 0.3) is 4.91 Å². The van der Waals surface area contributed by atoms with E-state index in [-0.39, 0.29) is 0 Å². The van der Waals surface area contributed by atoms with Crippen LogP contribution in [0, 0.1) is 0 Å². The third kappa shape index (κ3) is 1.63. The Bertz CT molecular complexity index is 264. The number of benzene rings is 1. The Balaban J connectivity index is 2.29. The van der Waals surface area contributed by atoms with Crippen LogP contribution in [0.1, 0.15) is 5.56 Å². The third-order valence-corrected chi connectivity index (χ3v) is 3.85. The van der Waals surface area contributed by atoms with Gasteiger partial charge in [0.05, 0.1) is 0 Å². The minimum absolute atomic E-state index is 1.15. The highest BCUT2D eigenvalue weighted by Crippen LogP contribution is 2.42. The molecule has 0 fully saturated rings. The number of hydrogen-bond donors (Lipinski definition) is 0. The second kappa shape index (κ2) is 3.37. The van der Waals surface area contributed by atoms with Gasteiger partial charge in [0.1, 0.15) is 0 Å². The van der Waals surface area contributed by atoms with E-state index in [1.807, 2.05) is 21.6 Å². The monoisotopic (exact) mass is 180 g/mol. The number of rotatable bonds is 1. The van der Waals surface area contributed by atoms with Gasteiger partial charge in [0, 0.05) is 10.7 Å². The maximum atomic E-state index is 2.28. The Hall–Kier alpha value is -0.340. The quantitative estimate of drug-likeness (QED) is 0.607. The van der Waals surface area contributed by atoms with Crippen LogP contribution < -0.4 is 0 Å². The molecule has 1 aliphatic rings. The summed E-state index contributed by atoms with van der Waals surface area (Å²) in [5.41, 5.74) is 1.35. The molecule has 0 saturated carbocycles. The lowest BCUT2D eigenvalue weighted by Crippen LogP contribution is -1.73. The van der Waals surface area contributed by atoms with Crippen molar-refractivity contribution in [1.82, 2.24) is 0 Å². The highest BCUT2D eigenvalue weighted by molar-refractivity contribution is 8.80. The first kappa shape index (κ1) is 7.32. The van der Waals surface area contributed by atoms with Crippen molar-refractivity contribution < 1.29 is 0 Å². The second-order valence-corrected chi connectivity index (χ2v) is 4.68. The van der Waals surface area contributed by atoms with Gasteiger partial charge in [0.15, 0.2) is 0 Å². The van der Waals surface area contributed by atoms with Crippen molar-refractivity contribution in [3.63, 3.8) is 0 Å². The van der Waals surface area contributed by atoms with E-state index in [1.165, 1.54) is 10.5 Å². The Kier molecular flexibility index (Phi) is 2.24. The fourth-order valence-corrected chi connectivity index (χ4v) is 3.21. The van der Waals surface area contributed by atoms with Crippen LogP contribution in [-0.4, -0.2) is 5.75 Å². The van der Waals surface area contributed by atoms with E-state index in [4.69, 9.17) is 0 Å². The summed E-state index contributed by atoms with van der Waals surface area (Å²) < 4.78 is 0. The minimum Gasteiger partial charge on any atom is -0.0847 e. The van der Waals surface area contributed by atoms with Crippen molar-refractivity contribution >= 4 is 26.5 Å². The first-order valence-electron chi connectivity index (χ1n) is 3.52. The maximum Gasteiger partial charge on any atom is 0.0235 e. The van der Waals surface area contributed by atoms with Gasteiger partial charge in [0.25, 0.3) is 0 Å². The highest BCUT2D eigenvalue weighted by Gasteiger charge is 2.06. The Labute approximate surface area is 74.5 Å². The zero-order chi connectivity index (χ0) is 7.52. The molecule has 0 nitrogen and oxygen atoms in total. The summed E-state index contributed by atoms with van der Waals surface area (Å²) in [5, 5.41) is 0. The summed E-state index contributed by atoms with van der Waals surface area (Å²) in [6.07, 6.45) is 2.28. The molecule has 0 saturated heterocycles. The largest absolute Gasteiger partial charge is 0.0847 e. The van der Waals surface area contributed by atoms with E-state index in [0.717, 1.165) is 5.75 Å². The molecule has 1 heterocycles. The molecule has 0 aromatic heterocycles. The van der Waals surface area contributed by atoms with Crippen molar-refractivity contribution in [2.24, 2.45) is 0 Å². The van der Waals surface area contributed by atoms with E-state index in [9.17, 15) is 0 Å². The lowest BCUT2D eigenvalue weighted by atomic mass is 10.2. The zero-order valence-corrected chi connectivity index (χ0v) is 7.62. The Morgan fingerprint density at radius 1 is 1.09 bits per heavy atom. The highest BCUT2D eigenvalue weighted by atomic mass is 33.1. The van der Waals surface area contributed by atoms with Crippen LogP contribution in [0.15, 0.2) is 36.4 Å². The molecule has 2 rings (SSSR count). The summed E-state index contributed by atoms with van der Waals surface area (Å²) in [4.78, 5) is 1.41. The predicted molar refractivity (Wildman–Crippen MR) is 54.5 cm³/mol. The van der Waals surface area contributed by atoms with Crippen LogP contribution in [0.4, 0.5) is 0 Å². The molecular weight excluding hydrogens is 172 g/mol. The summed E-state index contributed by atoms with van der Waals surface area (Å²) in [7, 11) is 3.77. The first-order valence-corrected chi connectivity index (χ1v) is 5.84. The summed E-state index contributed by atoms with van der Waals surface area (Å²) in [6.45, 7) is 0. The first-order chi connectivity index (χ1) is 5.47. The van der Waals surface area contributed by atoms with Crippen molar-refractivity contribution in [2.45, 2.75) is 0 Å². The van der Waals surface area contributed by atoms with E-state index in [1.54, 1.807) is 0 Å².